The third-order valence-electron chi connectivity index (χ3n) is 3.83. The van der Waals surface area contributed by atoms with E-state index in [-0.39, 0.29) is 23.9 Å². The Balaban J connectivity index is 0.00000192. The van der Waals surface area contributed by atoms with E-state index in [1.165, 1.54) is 4.31 Å². The summed E-state index contributed by atoms with van der Waals surface area (Å²) in [6.45, 7) is 7.21. The number of benzene rings is 1. The van der Waals surface area contributed by atoms with Gasteiger partial charge in [0.15, 0.2) is 0 Å². The highest BCUT2D eigenvalue weighted by Gasteiger charge is 2.31. The topological polar surface area (TPSA) is 76.3 Å². The normalized spacial score (nSPS) is 19.9. The van der Waals surface area contributed by atoms with E-state index in [0.717, 1.165) is 21.6 Å². The molecule has 0 radical (unpaired) electrons. The Labute approximate surface area is 147 Å². The molecule has 1 aromatic heterocycles. The lowest BCUT2D eigenvalue weighted by molar-refractivity contribution is 0.472. The molecule has 128 valence electrons. The molecule has 2 N–H and O–H groups in total. The molecule has 0 saturated carbocycles. The number of hydrogen-bond acceptors (Lipinski definition) is 5. The SMILES string of the molecule is CC(C)(C)c1nc2ccc(S(=O)(=O)N3CC[C@@H](N)C3)cc2s1.Cl. The van der Waals surface area contributed by atoms with Gasteiger partial charge in [-0.05, 0) is 24.6 Å². The summed E-state index contributed by atoms with van der Waals surface area (Å²) in [7, 11) is -3.46. The Bertz CT molecular complexity index is 812. The molecule has 0 bridgehead atoms. The number of thiazole rings is 1. The Hall–Kier alpha value is -0.730. The smallest absolute Gasteiger partial charge is 0.243 e. The lowest BCUT2D eigenvalue weighted by atomic mass is 9.98. The second kappa shape index (κ2) is 6.29. The van der Waals surface area contributed by atoms with Crippen molar-refractivity contribution in [3.63, 3.8) is 0 Å². The van der Waals surface area contributed by atoms with Crippen LogP contribution in [0, 0.1) is 0 Å². The molecule has 1 fully saturated rings. The highest BCUT2D eigenvalue weighted by molar-refractivity contribution is 7.89. The maximum Gasteiger partial charge on any atom is 0.243 e. The fourth-order valence-electron chi connectivity index (χ4n) is 2.51. The van der Waals surface area contributed by atoms with E-state index in [1.54, 1.807) is 29.5 Å². The number of aromatic nitrogens is 1. The monoisotopic (exact) mass is 375 g/mol. The number of sulfonamides is 1. The minimum atomic E-state index is -3.46. The van der Waals surface area contributed by atoms with Crippen molar-refractivity contribution in [2.45, 2.75) is 43.5 Å². The minimum absolute atomic E-state index is 0. The summed E-state index contributed by atoms with van der Waals surface area (Å²) in [5.74, 6) is 0. The summed E-state index contributed by atoms with van der Waals surface area (Å²) in [4.78, 5) is 4.94. The first kappa shape index (κ1) is 18.6. The van der Waals surface area contributed by atoms with Crippen molar-refractivity contribution in [3.8, 4) is 0 Å². The van der Waals surface area contributed by atoms with Crippen LogP contribution in [0.4, 0.5) is 0 Å². The van der Waals surface area contributed by atoms with Crippen molar-refractivity contribution in [2.24, 2.45) is 5.73 Å². The molecule has 1 aromatic carbocycles. The van der Waals surface area contributed by atoms with E-state index < -0.39 is 10.0 Å². The number of nitrogens with zero attached hydrogens (tertiary/aromatic N) is 2. The Morgan fingerprint density at radius 3 is 2.61 bits per heavy atom. The molecular weight excluding hydrogens is 354 g/mol. The molecule has 3 rings (SSSR count). The maximum absolute atomic E-state index is 12.7. The van der Waals surface area contributed by atoms with Gasteiger partial charge in [0.25, 0.3) is 0 Å². The highest BCUT2D eigenvalue weighted by Crippen LogP contribution is 2.33. The van der Waals surface area contributed by atoms with E-state index >= 15 is 0 Å². The van der Waals surface area contributed by atoms with Gasteiger partial charge in [0, 0.05) is 24.5 Å². The number of fused-ring (bicyclic) bond motifs is 1. The third-order valence-corrected chi connectivity index (χ3v) is 7.13. The van der Waals surface area contributed by atoms with Crippen LogP contribution < -0.4 is 5.73 Å². The van der Waals surface area contributed by atoms with Crippen molar-refractivity contribution in [3.05, 3.63) is 23.2 Å². The molecule has 1 aliphatic rings. The fourth-order valence-corrected chi connectivity index (χ4v) is 5.18. The van der Waals surface area contributed by atoms with Crippen molar-refractivity contribution in [1.82, 2.24) is 9.29 Å². The lowest BCUT2D eigenvalue weighted by Crippen LogP contribution is -2.31. The number of hydrogen-bond donors (Lipinski definition) is 1. The van der Waals surface area contributed by atoms with Crippen LogP contribution in [0.3, 0.4) is 0 Å². The molecule has 0 amide bonds. The molecule has 8 heteroatoms. The van der Waals surface area contributed by atoms with Gasteiger partial charge in [-0.2, -0.15) is 4.31 Å². The zero-order valence-corrected chi connectivity index (χ0v) is 15.9. The van der Waals surface area contributed by atoms with E-state index in [9.17, 15) is 8.42 Å². The predicted molar refractivity (Wildman–Crippen MR) is 96.9 cm³/mol. The third kappa shape index (κ3) is 3.53. The molecule has 1 atom stereocenters. The van der Waals surface area contributed by atoms with Crippen LogP contribution in [0.15, 0.2) is 23.1 Å². The summed E-state index contributed by atoms with van der Waals surface area (Å²) in [5.41, 5.74) is 6.64. The van der Waals surface area contributed by atoms with E-state index in [1.807, 2.05) is 0 Å². The van der Waals surface area contributed by atoms with Crippen LogP contribution in [0.25, 0.3) is 10.2 Å². The Morgan fingerprint density at radius 2 is 2.04 bits per heavy atom. The first-order valence-electron chi connectivity index (χ1n) is 7.35. The molecular formula is C15H22ClN3O2S2. The first-order chi connectivity index (χ1) is 10.2. The molecule has 0 unspecified atom stereocenters. The summed E-state index contributed by atoms with van der Waals surface area (Å²) < 4.78 is 27.8. The molecule has 2 heterocycles. The Morgan fingerprint density at radius 1 is 1.35 bits per heavy atom. The van der Waals surface area contributed by atoms with Crippen LogP contribution >= 0.6 is 23.7 Å². The molecule has 23 heavy (non-hydrogen) atoms. The van der Waals surface area contributed by atoms with Crippen LogP contribution in [0.5, 0.6) is 0 Å². The molecule has 5 nitrogen and oxygen atoms in total. The van der Waals surface area contributed by atoms with Crippen LogP contribution in [-0.2, 0) is 15.4 Å². The van der Waals surface area contributed by atoms with Gasteiger partial charge in [0.1, 0.15) is 0 Å². The molecule has 0 spiro atoms. The quantitative estimate of drug-likeness (QED) is 0.875. The van der Waals surface area contributed by atoms with Gasteiger partial charge in [-0.15, -0.1) is 23.7 Å². The highest BCUT2D eigenvalue weighted by atomic mass is 35.5. The van der Waals surface area contributed by atoms with Gasteiger partial charge < -0.3 is 5.73 Å². The van der Waals surface area contributed by atoms with E-state index in [2.05, 4.69) is 25.8 Å². The maximum atomic E-state index is 12.7. The minimum Gasteiger partial charge on any atom is -0.326 e. The molecule has 0 aliphatic carbocycles. The standard InChI is InChI=1S/C15H21N3O2S2.ClH/c1-15(2,3)14-17-12-5-4-11(8-13(12)21-14)22(19,20)18-7-6-10(16)9-18;/h4-5,8,10H,6-7,9,16H2,1-3H3;1H/t10-;/m1./s1. The van der Waals surface area contributed by atoms with Crippen molar-refractivity contribution in [1.29, 1.82) is 0 Å². The second-order valence-corrected chi connectivity index (χ2v) is 9.78. The summed E-state index contributed by atoms with van der Waals surface area (Å²) in [5, 5.41) is 1.01. The lowest BCUT2D eigenvalue weighted by Gasteiger charge is -2.15. The number of halogens is 1. The van der Waals surface area contributed by atoms with Crippen molar-refractivity contribution >= 4 is 44.0 Å². The van der Waals surface area contributed by atoms with Crippen molar-refractivity contribution < 1.29 is 8.42 Å². The van der Waals surface area contributed by atoms with Gasteiger partial charge in [-0.1, -0.05) is 20.8 Å². The van der Waals surface area contributed by atoms with Gasteiger partial charge in [-0.25, -0.2) is 13.4 Å². The van der Waals surface area contributed by atoms with Crippen LogP contribution in [0.1, 0.15) is 32.2 Å². The summed E-state index contributed by atoms with van der Waals surface area (Å²) >= 11 is 1.56. The zero-order chi connectivity index (χ0) is 16.1. The average Bonchev–Trinajstić information content (AvgIpc) is 3.03. The van der Waals surface area contributed by atoms with Gasteiger partial charge in [0.2, 0.25) is 10.0 Å². The second-order valence-electron chi connectivity index (χ2n) is 6.81. The molecule has 1 aliphatic heterocycles. The molecule has 1 saturated heterocycles. The first-order valence-corrected chi connectivity index (χ1v) is 9.60. The van der Waals surface area contributed by atoms with Crippen molar-refractivity contribution in [2.75, 3.05) is 13.1 Å². The fraction of sp³-hybridized carbons (Fsp3) is 0.533. The van der Waals surface area contributed by atoms with Gasteiger partial charge in [-0.3, -0.25) is 0 Å². The number of nitrogens with two attached hydrogens (primary N) is 1. The van der Waals surface area contributed by atoms with Gasteiger partial charge >= 0.3 is 0 Å². The van der Waals surface area contributed by atoms with Gasteiger partial charge in [0.05, 0.1) is 20.1 Å². The predicted octanol–water partition coefficient (Wildman–Crippen LogP) is 2.74. The number of rotatable bonds is 2. The van der Waals surface area contributed by atoms with E-state index in [0.29, 0.717) is 18.0 Å². The van der Waals surface area contributed by atoms with E-state index in [4.69, 9.17) is 5.73 Å². The van der Waals surface area contributed by atoms with Crippen LogP contribution in [-0.4, -0.2) is 36.8 Å². The summed E-state index contributed by atoms with van der Waals surface area (Å²) in [6, 6.07) is 5.12. The largest absolute Gasteiger partial charge is 0.326 e. The Kier molecular flexibility index (Phi) is 5.09. The zero-order valence-electron chi connectivity index (χ0n) is 13.4. The average molecular weight is 376 g/mol. The molecule has 2 aromatic rings. The summed E-state index contributed by atoms with van der Waals surface area (Å²) in [6.07, 6.45) is 0.718. The van der Waals surface area contributed by atoms with Crippen LogP contribution in [0.2, 0.25) is 0 Å².